The van der Waals surface area contributed by atoms with Crippen LogP contribution in [0.15, 0.2) is 18.3 Å². The van der Waals surface area contributed by atoms with Crippen LogP contribution in [0.4, 0.5) is 5.82 Å². The van der Waals surface area contributed by atoms with Crippen LogP contribution in [0.2, 0.25) is 0 Å². The highest BCUT2D eigenvalue weighted by Crippen LogP contribution is 2.58. The number of nitrogens with zero attached hydrogens (tertiary/aromatic N) is 2. The van der Waals surface area contributed by atoms with E-state index in [4.69, 9.17) is 0 Å². The average Bonchev–Trinajstić information content (AvgIpc) is 3.15. The lowest BCUT2D eigenvalue weighted by Crippen LogP contribution is -2.70. The molecule has 5 aliphatic rings. The monoisotopic (exact) mass is 425 g/mol. The Kier molecular flexibility index (Phi) is 4.90. The second-order valence-electron chi connectivity index (χ2n) is 9.93. The summed E-state index contributed by atoms with van der Waals surface area (Å²) in [4.78, 5) is 43.8. The molecule has 4 fully saturated rings. The molecule has 1 aromatic heterocycles. The zero-order chi connectivity index (χ0) is 21.6. The molecule has 0 radical (unpaired) electrons. The van der Waals surface area contributed by atoms with Gasteiger partial charge >= 0.3 is 0 Å². The van der Waals surface area contributed by atoms with E-state index in [1.54, 1.807) is 18.3 Å². The molecule has 3 aliphatic carbocycles. The molecule has 6 rings (SSSR count). The fraction of sp³-hybridized carbons (Fsp3) is 0.652. The summed E-state index contributed by atoms with van der Waals surface area (Å²) < 4.78 is 0. The quantitative estimate of drug-likeness (QED) is 0.625. The molecule has 3 heterocycles. The summed E-state index contributed by atoms with van der Waals surface area (Å²) in [7, 11) is 0. The Morgan fingerprint density at radius 1 is 1.35 bits per heavy atom. The third-order valence-corrected chi connectivity index (χ3v) is 7.93. The normalized spacial score (nSPS) is 33.8. The Morgan fingerprint density at radius 2 is 2.23 bits per heavy atom. The molecule has 3 saturated carbocycles. The molecule has 3 N–H and O–H groups in total. The fourth-order valence-electron chi connectivity index (χ4n) is 6.27. The number of fused-ring (bicyclic) bond motifs is 3. The number of pyridine rings is 1. The first-order valence-electron chi connectivity index (χ1n) is 11.5. The smallest absolute Gasteiger partial charge is 0.256 e. The Balaban J connectivity index is 1.23. The van der Waals surface area contributed by atoms with Gasteiger partial charge in [0.2, 0.25) is 11.8 Å². The number of carbonyl (C=O) groups is 3. The van der Waals surface area contributed by atoms with Crippen molar-refractivity contribution in [2.45, 2.75) is 57.5 Å². The highest BCUT2D eigenvalue weighted by Gasteiger charge is 2.60. The summed E-state index contributed by atoms with van der Waals surface area (Å²) in [5.41, 5.74) is -0.139. The number of nitrogens with one attached hydrogen (secondary N) is 3. The summed E-state index contributed by atoms with van der Waals surface area (Å²) in [5, 5.41) is 9.89. The predicted molar refractivity (Wildman–Crippen MR) is 115 cm³/mol. The summed E-state index contributed by atoms with van der Waals surface area (Å²) in [5.74, 6) is 1.01. The van der Waals surface area contributed by atoms with Crippen molar-refractivity contribution >= 4 is 23.5 Å². The predicted octanol–water partition coefficient (Wildman–Crippen LogP) is 1.89. The molecule has 4 unspecified atom stereocenters. The van der Waals surface area contributed by atoms with Crippen LogP contribution < -0.4 is 16.0 Å². The minimum atomic E-state index is -0.529. The molecule has 3 amide bonds. The van der Waals surface area contributed by atoms with Crippen molar-refractivity contribution in [2.24, 2.45) is 17.3 Å². The second-order valence-corrected chi connectivity index (χ2v) is 9.93. The second kappa shape index (κ2) is 7.50. The molecule has 1 aromatic rings. The summed E-state index contributed by atoms with van der Waals surface area (Å²) in [6.45, 7) is 4.33. The van der Waals surface area contributed by atoms with Gasteiger partial charge in [0.1, 0.15) is 11.5 Å². The van der Waals surface area contributed by atoms with E-state index >= 15 is 0 Å². The molecule has 1 spiro atoms. The van der Waals surface area contributed by atoms with Gasteiger partial charge in [-0.3, -0.25) is 14.4 Å². The van der Waals surface area contributed by atoms with E-state index in [9.17, 15) is 14.4 Å². The van der Waals surface area contributed by atoms with Crippen LogP contribution in [0.3, 0.4) is 0 Å². The SMILES string of the molecule is CC12CCC(CC1C(=O)NCCCN1CCCC1=O)C1(C2)NC(=O)c2cccnc2N1. The molecule has 2 bridgehead atoms. The van der Waals surface area contributed by atoms with Gasteiger partial charge in [-0.2, -0.15) is 0 Å². The van der Waals surface area contributed by atoms with Gasteiger partial charge in [-0.05, 0) is 56.1 Å². The zero-order valence-electron chi connectivity index (χ0n) is 18.1. The van der Waals surface area contributed by atoms with Crippen LogP contribution in [0.25, 0.3) is 0 Å². The van der Waals surface area contributed by atoms with E-state index in [1.165, 1.54) is 0 Å². The number of anilines is 1. The van der Waals surface area contributed by atoms with Crippen LogP contribution in [-0.2, 0) is 9.59 Å². The molecular weight excluding hydrogens is 394 g/mol. The first-order valence-corrected chi connectivity index (χ1v) is 11.5. The number of hydrogen-bond acceptors (Lipinski definition) is 5. The third kappa shape index (κ3) is 3.46. The van der Waals surface area contributed by atoms with Crippen LogP contribution in [0, 0.1) is 17.3 Å². The van der Waals surface area contributed by atoms with E-state index in [2.05, 4.69) is 27.9 Å². The Bertz CT molecular complexity index is 920. The number of hydrogen-bond donors (Lipinski definition) is 3. The summed E-state index contributed by atoms with van der Waals surface area (Å²) in [6, 6.07) is 3.55. The first-order chi connectivity index (χ1) is 14.9. The first kappa shape index (κ1) is 20.3. The largest absolute Gasteiger partial charge is 0.356 e. The van der Waals surface area contributed by atoms with E-state index in [0.29, 0.717) is 30.8 Å². The van der Waals surface area contributed by atoms with Crippen LogP contribution >= 0.6 is 0 Å². The molecule has 166 valence electrons. The van der Waals surface area contributed by atoms with Crippen molar-refractivity contribution in [3.05, 3.63) is 23.9 Å². The topological polar surface area (TPSA) is 103 Å². The molecule has 4 atom stereocenters. The summed E-state index contributed by atoms with van der Waals surface area (Å²) >= 11 is 0. The van der Waals surface area contributed by atoms with E-state index < -0.39 is 5.66 Å². The van der Waals surface area contributed by atoms with Gasteiger partial charge in [-0.1, -0.05) is 6.92 Å². The van der Waals surface area contributed by atoms with E-state index in [0.717, 1.165) is 45.2 Å². The molecule has 2 aliphatic heterocycles. The Morgan fingerprint density at radius 3 is 3.00 bits per heavy atom. The van der Waals surface area contributed by atoms with Crippen molar-refractivity contribution in [1.82, 2.24) is 20.5 Å². The molecule has 31 heavy (non-hydrogen) atoms. The van der Waals surface area contributed by atoms with Crippen molar-refractivity contribution in [2.75, 3.05) is 25.0 Å². The number of likely N-dealkylation sites (tertiary alicyclic amines) is 1. The minimum Gasteiger partial charge on any atom is -0.356 e. The fourth-order valence-corrected chi connectivity index (χ4v) is 6.27. The van der Waals surface area contributed by atoms with Gasteiger partial charge in [0.15, 0.2) is 0 Å². The number of carbonyl (C=O) groups excluding carboxylic acids is 3. The molecular formula is C23H31N5O3. The van der Waals surface area contributed by atoms with Gasteiger partial charge in [-0.25, -0.2) is 4.98 Å². The van der Waals surface area contributed by atoms with Crippen LogP contribution in [0.5, 0.6) is 0 Å². The van der Waals surface area contributed by atoms with Gasteiger partial charge in [0.05, 0.1) is 5.56 Å². The Labute approximate surface area is 182 Å². The standard InChI is InChI=1S/C23H31N5O3/c1-22-8-7-15(23(14-22)26-19-16(20(30)27-23)5-2-9-24-19)13-17(22)21(31)25-10-4-12-28-11-3-6-18(28)29/h2,5,9,15,17H,3-4,6-8,10-14H2,1H3,(H,24,26)(H,25,31)(H,27,30). The lowest BCUT2D eigenvalue weighted by molar-refractivity contribution is -0.139. The van der Waals surface area contributed by atoms with E-state index in [1.807, 2.05) is 4.90 Å². The minimum absolute atomic E-state index is 0.0610. The van der Waals surface area contributed by atoms with Crippen molar-refractivity contribution in [3.63, 3.8) is 0 Å². The number of aromatic nitrogens is 1. The molecule has 0 aromatic carbocycles. The van der Waals surface area contributed by atoms with Gasteiger partial charge in [0, 0.05) is 44.1 Å². The van der Waals surface area contributed by atoms with Gasteiger partial charge < -0.3 is 20.9 Å². The highest BCUT2D eigenvalue weighted by atomic mass is 16.2. The lowest BCUT2D eigenvalue weighted by atomic mass is 9.51. The maximum Gasteiger partial charge on any atom is 0.256 e. The number of rotatable bonds is 5. The zero-order valence-corrected chi connectivity index (χ0v) is 18.1. The maximum absolute atomic E-state index is 13.1. The third-order valence-electron chi connectivity index (χ3n) is 7.93. The van der Waals surface area contributed by atoms with E-state index in [-0.39, 0.29) is 35.0 Å². The molecule has 8 heteroatoms. The number of amides is 3. The Hall–Kier alpha value is -2.64. The maximum atomic E-state index is 13.1. The molecule has 1 saturated heterocycles. The molecule has 8 nitrogen and oxygen atoms in total. The van der Waals surface area contributed by atoms with Crippen molar-refractivity contribution in [1.29, 1.82) is 0 Å². The highest BCUT2D eigenvalue weighted by molar-refractivity contribution is 6.01. The van der Waals surface area contributed by atoms with Crippen molar-refractivity contribution < 1.29 is 14.4 Å². The van der Waals surface area contributed by atoms with Crippen LogP contribution in [-0.4, -0.2) is 52.9 Å². The van der Waals surface area contributed by atoms with Crippen molar-refractivity contribution in [3.8, 4) is 0 Å². The van der Waals surface area contributed by atoms with Gasteiger partial charge in [-0.15, -0.1) is 0 Å². The van der Waals surface area contributed by atoms with Gasteiger partial charge in [0.25, 0.3) is 5.91 Å². The van der Waals surface area contributed by atoms with Crippen LogP contribution in [0.1, 0.15) is 62.2 Å². The lowest BCUT2D eigenvalue weighted by Gasteiger charge is -2.60. The summed E-state index contributed by atoms with van der Waals surface area (Å²) in [6.07, 6.45) is 7.51. The average molecular weight is 426 g/mol.